The number of anilines is 1. The lowest BCUT2D eigenvalue weighted by Gasteiger charge is -2.16. The van der Waals surface area contributed by atoms with Crippen LogP contribution >= 0.6 is 0 Å². The maximum atomic E-state index is 12.8. The third kappa shape index (κ3) is 9.07. The number of carbonyl (C=O) groups excluding carboxylic acids is 2. The van der Waals surface area contributed by atoms with Crippen molar-refractivity contribution in [3.63, 3.8) is 0 Å². The smallest absolute Gasteiger partial charge is 0.307 e. The first kappa shape index (κ1) is 34.3. The van der Waals surface area contributed by atoms with Gasteiger partial charge in [0.1, 0.15) is 18.1 Å². The van der Waals surface area contributed by atoms with Gasteiger partial charge in [-0.25, -0.2) is 5.43 Å². The molecule has 49 heavy (non-hydrogen) atoms. The molecule has 0 spiro atoms. The Labute approximate surface area is 286 Å². The van der Waals surface area contributed by atoms with Crippen molar-refractivity contribution < 1.29 is 28.2 Å². The summed E-state index contributed by atoms with van der Waals surface area (Å²) in [5.41, 5.74) is 9.04. The van der Waals surface area contributed by atoms with Gasteiger partial charge in [-0.15, -0.1) is 6.58 Å². The summed E-state index contributed by atoms with van der Waals surface area (Å²) in [6.45, 7) is 12.1. The molecule has 5 rings (SSSR count). The number of allylic oxidation sites excluding steroid dienone is 1. The number of nitrogens with zero attached hydrogens (tertiary/aromatic N) is 2. The lowest BCUT2D eigenvalue weighted by atomic mass is 10.1. The van der Waals surface area contributed by atoms with Gasteiger partial charge in [-0.1, -0.05) is 23.8 Å². The Hall–Kier alpha value is -6.03. The van der Waals surface area contributed by atoms with Crippen molar-refractivity contribution in [3.05, 3.63) is 137 Å². The van der Waals surface area contributed by atoms with E-state index in [0.29, 0.717) is 47.3 Å². The molecule has 0 aliphatic heterocycles. The molecule has 0 aliphatic rings. The van der Waals surface area contributed by atoms with Crippen molar-refractivity contribution in [1.29, 1.82) is 0 Å². The Kier molecular flexibility index (Phi) is 11.3. The number of rotatable bonds is 15. The van der Waals surface area contributed by atoms with Gasteiger partial charge in [-0.3, -0.25) is 9.59 Å². The number of aryl methyl sites for hydroxylation is 3. The van der Waals surface area contributed by atoms with E-state index in [0.717, 1.165) is 28.2 Å². The van der Waals surface area contributed by atoms with E-state index in [1.54, 1.807) is 24.3 Å². The number of aromatic nitrogens is 1. The van der Waals surface area contributed by atoms with E-state index in [2.05, 4.69) is 53.0 Å². The summed E-state index contributed by atoms with van der Waals surface area (Å²) in [4.78, 5) is 25.4. The standard InChI is InChI=1S/C39H40N4O6/c1-6-8-30-21-29(22-36(46-7-2)38(30)48-25-37(44)41-31-13-9-26(3)10-14-31)23-40-42-39(45)35-20-19-34(49-35)24-47-33-17-15-32(16-18-33)43-27(4)11-12-28(43)5/h6,9-23H,1,7-8,24-25H2,2-5H3,(H,41,44)(H,42,45)/b40-23+. The molecule has 0 unspecified atom stereocenters. The largest absolute Gasteiger partial charge is 0.490 e. The van der Waals surface area contributed by atoms with Gasteiger partial charge in [-0.05, 0) is 112 Å². The molecule has 252 valence electrons. The number of nitrogens with one attached hydrogen (secondary N) is 2. The van der Waals surface area contributed by atoms with Crippen LogP contribution in [0, 0.1) is 20.8 Å². The zero-order valence-corrected chi connectivity index (χ0v) is 28.1. The summed E-state index contributed by atoms with van der Waals surface area (Å²) < 4.78 is 25.5. The third-order valence-electron chi connectivity index (χ3n) is 7.51. The molecule has 2 amide bonds. The number of ether oxygens (including phenoxy) is 3. The Morgan fingerprint density at radius 1 is 0.898 bits per heavy atom. The van der Waals surface area contributed by atoms with Crippen molar-refractivity contribution >= 4 is 23.7 Å². The lowest BCUT2D eigenvalue weighted by molar-refractivity contribution is -0.118. The summed E-state index contributed by atoms with van der Waals surface area (Å²) in [7, 11) is 0. The minimum Gasteiger partial charge on any atom is -0.490 e. The molecule has 2 heterocycles. The fraction of sp³-hybridized carbons (Fsp3) is 0.205. The van der Waals surface area contributed by atoms with Crippen molar-refractivity contribution in [2.24, 2.45) is 5.10 Å². The maximum Gasteiger partial charge on any atom is 0.307 e. The summed E-state index contributed by atoms with van der Waals surface area (Å²) >= 11 is 0. The average molecular weight is 661 g/mol. The van der Waals surface area contributed by atoms with Crippen molar-refractivity contribution in [3.8, 4) is 22.9 Å². The molecule has 0 atom stereocenters. The second-order valence-electron chi connectivity index (χ2n) is 11.3. The highest BCUT2D eigenvalue weighted by Gasteiger charge is 2.16. The number of hydrazone groups is 1. The van der Waals surface area contributed by atoms with Crippen LogP contribution in [0.4, 0.5) is 5.69 Å². The van der Waals surface area contributed by atoms with Gasteiger partial charge in [0.2, 0.25) is 0 Å². The fourth-order valence-electron chi connectivity index (χ4n) is 5.18. The van der Waals surface area contributed by atoms with Crippen molar-refractivity contribution in [2.75, 3.05) is 18.5 Å². The van der Waals surface area contributed by atoms with Crippen LogP contribution in [0.25, 0.3) is 5.69 Å². The molecule has 2 aromatic heterocycles. The number of benzene rings is 3. The zero-order valence-electron chi connectivity index (χ0n) is 28.1. The van der Waals surface area contributed by atoms with Crippen molar-refractivity contribution in [1.82, 2.24) is 9.99 Å². The molecule has 0 bridgehead atoms. The highest BCUT2D eigenvalue weighted by molar-refractivity contribution is 5.93. The monoisotopic (exact) mass is 660 g/mol. The third-order valence-corrected chi connectivity index (χ3v) is 7.51. The number of furan rings is 1. The van der Waals surface area contributed by atoms with Gasteiger partial charge < -0.3 is 28.5 Å². The van der Waals surface area contributed by atoms with Gasteiger partial charge in [0, 0.05) is 28.3 Å². The SMILES string of the molecule is C=CCc1cc(/C=N/NC(=O)c2ccc(COc3ccc(-n4c(C)ccc4C)cc3)o2)cc(OCC)c1OCC(=O)Nc1ccc(C)cc1. The van der Waals surface area contributed by atoms with Crippen molar-refractivity contribution in [2.45, 2.75) is 40.7 Å². The Bertz CT molecular complexity index is 1920. The topological polar surface area (TPSA) is 116 Å². The van der Waals surface area contributed by atoms with Crippen LogP contribution in [-0.2, 0) is 17.8 Å². The molecular formula is C39H40N4O6. The first-order valence-corrected chi connectivity index (χ1v) is 15.9. The minimum atomic E-state index is -0.514. The molecule has 3 aromatic carbocycles. The van der Waals surface area contributed by atoms with Gasteiger partial charge in [0.05, 0.1) is 12.8 Å². The van der Waals surface area contributed by atoms with Crippen LogP contribution in [0.15, 0.2) is 107 Å². The normalized spacial score (nSPS) is 10.9. The molecule has 0 fully saturated rings. The maximum absolute atomic E-state index is 12.8. The number of amides is 2. The summed E-state index contributed by atoms with van der Waals surface area (Å²) in [6.07, 6.45) is 3.68. The second-order valence-corrected chi connectivity index (χ2v) is 11.3. The first-order chi connectivity index (χ1) is 23.7. The van der Waals surface area contributed by atoms with Crippen LogP contribution in [0.2, 0.25) is 0 Å². The van der Waals surface area contributed by atoms with E-state index in [-0.39, 0.29) is 24.9 Å². The Balaban J connectivity index is 1.18. The molecular weight excluding hydrogens is 620 g/mol. The number of hydrogen-bond donors (Lipinski definition) is 2. The predicted molar refractivity (Wildman–Crippen MR) is 190 cm³/mol. The molecule has 2 N–H and O–H groups in total. The second kappa shape index (κ2) is 16.2. The first-order valence-electron chi connectivity index (χ1n) is 15.9. The molecule has 10 nitrogen and oxygen atoms in total. The van der Waals surface area contributed by atoms with Gasteiger partial charge in [0.25, 0.3) is 5.91 Å². The van der Waals surface area contributed by atoms with E-state index in [1.807, 2.05) is 68.4 Å². The molecule has 10 heteroatoms. The molecule has 0 saturated carbocycles. The quantitative estimate of drug-likeness (QED) is 0.0683. The average Bonchev–Trinajstić information content (AvgIpc) is 3.71. The van der Waals surface area contributed by atoms with E-state index in [9.17, 15) is 9.59 Å². The summed E-state index contributed by atoms with van der Waals surface area (Å²) in [6, 6.07) is 26.3. The van der Waals surface area contributed by atoms with E-state index in [1.165, 1.54) is 6.21 Å². The molecule has 5 aromatic rings. The number of hydrogen-bond acceptors (Lipinski definition) is 7. The van der Waals surface area contributed by atoms with Crippen LogP contribution < -0.4 is 25.0 Å². The van der Waals surface area contributed by atoms with E-state index >= 15 is 0 Å². The van der Waals surface area contributed by atoms with Gasteiger partial charge in [0.15, 0.2) is 23.9 Å². The summed E-state index contributed by atoms with van der Waals surface area (Å²) in [5, 5.41) is 6.95. The van der Waals surface area contributed by atoms with Crippen LogP contribution in [0.5, 0.6) is 17.2 Å². The minimum absolute atomic E-state index is 0.0969. The predicted octanol–water partition coefficient (Wildman–Crippen LogP) is 7.48. The van der Waals surface area contributed by atoms with E-state index in [4.69, 9.17) is 18.6 Å². The molecule has 0 saturated heterocycles. The van der Waals surface area contributed by atoms with Crippen LogP contribution in [0.1, 0.15) is 51.3 Å². The lowest BCUT2D eigenvalue weighted by Crippen LogP contribution is -2.21. The van der Waals surface area contributed by atoms with Crippen LogP contribution in [-0.4, -0.2) is 35.8 Å². The summed E-state index contributed by atoms with van der Waals surface area (Å²) in [5.74, 6) is 1.34. The molecule has 0 radical (unpaired) electrons. The van der Waals surface area contributed by atoms with Crippen LogP contribution in [0.3, 0.4) is 0 Å². The molecule has 0 aliphatic carbocycles. The highest BCUT2D eigenvalue weighted by atomic mass is 16.5. The number of carbonyl (C=O) groups is 2. The Morgan fingerprint density at radius 3 is 2.33 bits per heavy atom. The fourth-order valence-corrected chi connectivity index (χ4v) is 5.18. The zero-order chi connectivity index (χ0) is 34.8. The highest BCUT2D eigenvalue weighted by Crippen LogP contribution is 2.34. The Morgan fingerprint density at radius 2 is 1.63 bits per heavy atom. The van der Waals surface area contributed by atoms with Gasteiger partial charge in [-0.2, -0.15) is 5.10 Å². The van der Waals surface area contributed by atoms with E-state index < -0.39 is 5.91 Å². The van der Waals surface area contributed by atoms with Gasteiger partial charge >= 0.3 is 5.91 Å².